The van der Waals surface area contributed by atoms with Gasteiger partial charge in [0.25, 0.3) is 0 Å². The summed E-state index contributed by atoms with van der Waals surface area (Å²) in [6.07, 6.45) is 2.52. The van der Waals surface area contributed by atoms with E-state index in [1.807, 2.05) is 0 Å². The van der Waals surface area contributed by atoms with Crippen LogP contribution in [0.1, 0.15) is 40.5 Å². The van der Waals surface area contributed by atoms with E-state index in [2.05, 4.69) is 10.3 Å². The number of allylic oxidation sites excluding steroid dienone is 4. The maximum Gasteiger partial charge on any atom is 0.228 e. The molecule has 1 aliphatic carbocycles. The third-order valence-corrected chi connectivity index (χ3v) is 4.50. The van der Waals surface area contributed by atoms with E-state index in [1.54, 1.807) is 52.1 Å². The largest absolute Gasteiger partial charge is 0.310 e. The van der Waals surface area contributed by atoms with E-state index in [0.717, 1.165) is 0 Å². The Bertz CT molecular complexity index is 745. The van der Waals surface area contributed by atoms with Crippen LogP contribution in [0.25, 0.3) is 0 Å². The summed E-state index contributed by atoms with van der Waals surface area (Å²) in [6.45, 7) is 6.85. The molecule has 24 heavy (non-hydrogen) atoms. The van der Waals surface area contributed by atoms with Crippen molar-refractivity contribution in [2.45, 2.75) is 40.5 Å². The zero-order valence-corrected chi connectivity index (χ0v) is 14.5. The summed E-state index contributed by atoms with van der Waals surface area (Å²) < 4.78 is 0. The maximum absolute atomic E-state index is 12.4. The van der Waals surface area contributed by atoms with Crippen molar-refractivity contribution in [2.24, 2.45) is 5.92 Å². The predicted octanol–water partition coefficient (Wildman–Crippen LogP) is 3.24. The minimum atomic E-state index is -0.289. The maximum atomic E-state index is 12.4. The highest BCUT2D eigenvalue weighted by molar-refractivity contribution is 6.24. The second-order valence-corrected chi connectivity index (χ2v) is 6.16. The lowest BCUT2D eigenvalue weighted by atomic mass is 9.83. The Hall–Kier alpha value is -2.56. The first kappa shape index (κ1) is 17.8. The van der Waals surface area contributed by atoms with Crippen LogP contribution in [0.4, 0.5) is 5.82 Å². The molecule has 1 amide bonds. The molecule has 0 aliphatic heterocycles. The van der Waals surface area contributed by atoms with Crippen molar-refractivity contribution < 1.29 is 14.4 Å². The van der Waals surface area contributed by atoms with Crippen LogP contribution >= 0.6 is 0 Å². The molecule has 0 saturated carbocycles. The molecule has 1 atom stereocenters. The molecule has 0 bridgehead atoms. The Kier molecular flexibility index (Phi) is 5.44. The predicted molar refractivity (Wildman–Crippen MR) is 92.4 cm³/mol. The number of nitrogens with one attached hydrogen (secondary N) is 1. The first-order chi connectivity index (χ1) is 11.3. The van der Waals surface area contributed by atoms with Crippen LogP contribution in [-0.2, 0) is 14.4 Å². The normalized spacial score (nSPS) is 16.5. The number of Topliss-reactive ketones (excluding diaryl/α,β-unsaturated/α-hetero) is 2. The van der Waals surface area contributed by atoms with E-state index in [9.17, 15) is 14.4 Å². The number of hydrogen-bond acceptors (Lipinski definition) is 4. The van der Waals surface area contributed by atoms with Gasteiger partial charge in [-0.15, -0.1) is 0 Å². The second-order valence-electron chi connectivity index (χ2n) is 6.16. The Labute approximate surface area is 141 Å². The van der Waals surface area contributed by atoms with Crippen molar-refractivity contribution in [3.63, 3.8) is 0 Å². The summed E-state index contributed by atoms with van der Waals surface area (Å²) in [7, 11) is 0. The van der Waals surface area contributed by atoms with Gasteiger partial charge in [-0.1, -0.05) is 13.0 Å². The molecule has 5 nitrogen and oxygen atoms in total. The molecule has 0 radical (unpaired) electrons. The third kappa shape index (κ3) is 3.67. The zero-order valence-electron chi connectivity index (χ0n) is 14.5. The van der Waals surface area contributed by atoms with Gasteiger partial charge in [-0.3, -0.25) is 14.4 Å². The fourth-order valence-electron chi connectivity index (χ4n) is 2.63. The smallest absolute Gasteiger partial charge is 0.228 e. The number of rotatable bonds is 5. The van der Waals surface area contributed by atoms with Crippen molar-refractivity contribution in [1.29, 1.82) is 0 Å². The Morgan fingerprint density at radius 3 is 2.38 bits per heavy atom. The van der Waals surface area contributed by atoms with E-state index < -0.39 is 0 Å². The number of carbonyl (C=O) groups excluding carboxylic acids is 3. The minimum absolute atomic E-state index is 0.0762. The Morgan fingerprint density at radius 2 is 1.75 bits per heavy atom. The molecular weight excluding hydrogens is 304 g/mol. The highest BCUT2D eigenvalue weighted by Crippen LogP contribution is 2.28. The van der Waals surface area contributed by atoms with Gasteiger partial charge >= 0.3 is 0 Å². The molecule has 1 aliphatic rings. The van der Waals surface area contributed by atoms with Crippen molar-refractivity contribution >= 4 is 23.3 Å². The van der Waals surface area contributed by atoms with Crippen LogP contribution in [0, 0.1) is 5.92 Å². The standard InChI is InChI=1S/C19H22N2O3/c1-11(19(24)21-16-7-5-6-10-20-16)8-9-15-14(4)17(22)12(2)13(3)18(15)23/h5-7,10-11H,8-9H2,1-4H3,(H,20,21,24). The molecule has 1 heterocycles. The molecule has 2 rings (SSSR count). The molecule has 1 N–H and O–H groups in total. The van der Waals surface area contributed by atoms with Gasteiger partial charge < -0.3 is 5.32 Å². The first-order valence-corrected chi connectivity index (χ1v) is 8.01. The third-order valence-electron chi connectivity index (χ3n) is 4.50. The lowest BCUT2D eigenvalue weighted by molar-refractivity contribution is -0.119. The van der Waals surface area contributed by atoms with Crippen LogP contribution in [0.2, 0.25) is 0 Å². The molecule has 0 fully saturated rings. The van der Waals surface area contributed by atoms with E-state index in [-0.39, 0.29) is 23.4 Å². The van der Waals surface area contributed by atoms with Gasteiger partial charge in [0.15, 0.2) is 11.6 Å². The molecule has 0 saturated heterocycles. The van der Waals surface area contributed by atoms with E-state index in [1.165, 1.54) is 0 Å². The van der Waals surface area contributed by atoms with Gasteiger partial charge in [-0.2, -0.15) is 0 Å². The lowest BCUT2D eigenvalue weighted by Crippen LogP contribution is -2.24. The molecule has 1 aromatic rings. The SMILES string of the molecule is CC1=C(C)C(=O)C(CCC(C)C(=O)Nc2ccccn2)=C(C)C1=O. The summed E-state index contributed by atoms with van der Waals surface area (Å²) in [6, 6.07) is 5.29. The second kappa shape index (κ2) is 7.34. The molecule has 1 unspecified atom stereocenters. The van der Waals surface area contributed by atoms with Gasteiger partial charge in [-0.25, -0.2) is 4.98 Å². The highest BCUT2D eigenvalue weighted by atomic mass is 16.2. The number of ketones is 2. The fraction of sp³-hybridized carbons (Fsp3) is 0.368. The average molecular weight is 326 g/mol. The summed E-state index contributed by atoms with van der Waals surface area (Å²) >= 11 is 0. The average Bonchev–Trinajstić information content (AvgIpc) is 2.58. The number of carbonyl (C=O) groups is 3. The van der Waals surface area contributed by atoms with Crippen LogP contribution in [0.5, 0.6) is 0 Å². The quantitative estimate of drug-likeness (QED) is 0.843. The van der Waals surface area contributed by atoms with Gasteiger partial charge in [0.2, 0.25) is 5.91 Å². The minimum Gasteiger partial charge on any atom is -0.310 e. The van der Waals surface area contributed by atoms with Crippen LogP contribution in [-0.4, -0.2) is 22.5 Å². The summed E-state index contributed by atoms with van der Waals surface area (Å²) in [5.41, 5.74) is 2.05. The number of hydrogen-bond donors (Lipinski definition) is 1. The number of anilines is 1. The number of pyridine rings is 1. The van der Waals surface area contributed by atoms with E-state index in [0.29, 0.717) is 41.0 Å². The Morgan fingerprint density at radius 1 is 1.08 bits per heavy atom. The molecule has 0 spiro atoms. The number of amides is 1. The molecule has 0 aromatic carbocycles. The van der Waals surface area contributed by atoms with Gasteiger partial charge in [0.05, 0.1) is 0 Å². The van der Waals surface area contributed by atoms with Crippen molar-refractivity contribution in [2.75, 3.05) is 5.32 Å². The number of aromatic nitrogens is 1. The van der Waals surface area contributed by atoms with Crippen molar-refractivity contribution in [3.8, 4) is 0 Å². The van der Waals surface area contributed by atoms with Crippen LogP contribution < -0.4 is 5.32 Å². The van der Waals surface area contributed by atoms with E-state index in [4.69, 9.17) is 0 Å². The van der Waals surface area contributed by atoms with Crippen LogP contribution in [0.15, 0.2) is 46.7 Å². The monoisotopic (exact) mass is 326 g/mol. The van der Waals surface area contributed by atoms with Crippen molar-refractivity contribution in [3.05, 3.63) is 46.7 Å². The zero-order chi connectivity index (χ0) is 17.9. The van der Waals surface area contributed by atoms with Gasteiger partial charge in [-0.05, 0) is 45.7 Å². The van der Waals surface area contributed by atoms with Gasteiger partial charge in [0, 0.05) is 34.4 Å². The summed E-state index contributed by atoms with van der Waals surface area (Å²) in [5, 5.41) is 2.75. The van der Waals surface area contributed by atoms with Gasteiger partial charge in [0.1, 0.15) is 5.82 Å². The molecular formula is C19H22N2O3. The van der Waals surface area contributed by atoms with E-state index >= 15 is 0 Å². The lowest BCUT2D eigenvalue weighted by Gasteiger charge is -2.19. The summed E-state index contributed by atoms with van der Waals surface area (Å²) in [4.78, 5) is 40.8. The first-order valence-electron chi connectivity index (χ1n) is 8.01. The highest BCUT2D eigenvalue weighted by Gasteiger charge is 2.28. The van der Waals surface area contributed by atoms with Crippen molar-refractivity contribution in [1.82, 2.24) is 4.98 Å². The summed E-state index contributed by atoms with van der Waals surface area (Å²) in [5.74, 6) is -0.0924. The topological polar surface area (TPSA) is 76.1 Å². The fourth-order valence-corrected chi connectivity index (χ4v) is 2.63. The number of nitrogens with zero attached hydrogens (tertiary/aromatic N) is 1. The molecule has 5 heteroatoms. The Balaban J connectivity index is 2.01. The molecule has 1 aromatic heterocycles. The molecule has 126 valence electrons. The van der Waals surface area contributed by atoms with Crippen LogP contribution in [0.3, 0.4) is 0 Å².